The zero-order valence-corrected chi connectivity index (χ0v) is 7.86. The summed E-state index contributed by atoms with van der Waals surface area (Å²) in [5.41, 5.74) is 5.24. The molecule has 5 heteroatoms. The average molecular weight is 215 g/mol. The molecule has 0 fully saturated rings. The van der Waals surface area contributed by atoms with Gasteiger partial charge in [0.1, 0.15) is 10.3 Å². The number of rotatable bonds is 0. The van der Waals surface area contributed by atoms with Crippen molar-refractivity contribution in [3.05, 3.63) is 28.0 Å². The Hall–Kier alpha value is -1.24. The van der Waals surface area contributed by atoms with E-state index in [1.54, 1.807) is 6.07 Å². The first-order chi connectivity index (χ1) is 6.09. The van der Waals surface area contributed by atoms with Crippen LogP contribution in [0.3, 0.4) is 0 Å². The van der Waals surface area contributed by atoms with Crippen molar-refractivity contribution >= 4 is 29.1 Å². The average Bonchev–Trinajstić information content (AvgIpc) is 2.02. The Labute approximate surface area is 84.9 Å². The number of hydrogen-bond donors (Lipinski definition) is 1. The topological polar surface area (TPSA) is 56.0 Å². The van der Waals surface area contributed by atoms with Crippen molar-refractivity contribution in [3.63, 3.8) is 0 Å². The van der Waals surface area contributed by atoms with Gasteiger partial charge in [0.25, 0.3) is 5.91 Å². The summed E-state index contributed by atoms with van der Waals surface area (Å²) in [4.78, 5) is 14.0. The van der Waals surface area contributed by atoms with Gasteiger partial charge in [-0.15, -0.1) is 0 Å². The molecule has 2 N–H and O–H groups in total. The van der Waals surface area contributed by atoms with Gasteiger partial charge in [-0.1, -0.05) is 29.1 Å². The van der Waals surface area contributed by atoms with Crippen molar-refractivity contribution in [3.8, 4) is 11.8 Å². The highest BCUT2D eigenvalue weighted by Crippen LogP contribution is 2.14. The summed E-state index contributed by atoms with van der Waals surface area (Å²) in [6.07, 6.45) is 0. The lowest BCUT2D eigenvalue weighted by molar-refractivity contribution is -0.112. The van der Waals surface area contributed by atoms with Gasteiger partial charge in [-0.2, -0.15) is 0 Å². The molecule has 0 spiro atoms. The van der Waals surface area contributed by atoms with E-state index in [0.29, 0.717) is 5.56 Å². The first kappa shape index (κ1) is 9.85. The third-order valence-corrected chi connectivity index (χ3v) is 1.63. The van der Waals surface area contributed by atoms with Gasteiger partial charge >= 0.3 is 0 Å². The minimum atomic E-state index is -0.717. The van der Waals surface area contributed by atoms with E-state index in [9.17, 15) is 4.79 Å². The van der Waals surface area contributed by atoms with E-state index in [4.69, 9.17) is 28.9 Å². The minimum Gasteiger partial charge on any atom is -0.359 e. The third-order valence-electron chi connectivity index (χ3n) is 1.14. The summed E-state index contributed by atoms with van der Waals surface area (Å²) in [5.74, 6) is 3.89. The van der Waals surface area contributed by atoms with Crippen LogP contribution in [0, 0.1) is 11.8 Å². The monoisotopic (exact) mass is 214 g/mol. The summed E-state index contributed by atoms with van der Waals surface area (Å²) in [7, 11) is 0. The molecule has 13 heavy (non-hydrogen) atoms. The Bertz CT molecular complexity index is 406. The Balaban J connectivity index is 3.05. The van der Waals surface area contributed by atoms with Gasteiger partial charge in [-0.3, -0.25) is 4.79 Å². The molecule has 1 heterocycles. The Morgan fingerprint density at radius 1 is 1.46 bits per heavy atom. The molecule has 0 unspecified atom stereocenters. The maximum atomic E-state index is 10.3. The number of hydrogen-bond acceptors (Lipinski definition) is 2. The van der Waals surface area contributed by atoms with Gasteiger partial charge in [0.05, 0.1) is 5.56 Å². The largest absolute Gasteiger partial charge is 0.359 e. The molecule has 1 rings (SSSR count). The van der Waals surface area contributed by atoms with Crippen LogP contribution in [-0.2, 0) is 4.79 Å². The lowest BCUT2D eigenvalue weighted by atomic mass is 10.3. The molecule has 0 aliphatic carbocycles. The quantitative estimate of drug-likeness (QED) is 0.522. The van der Waals surface area contributed by atoms with Crippen LogP contribution in [0.1, 0.15) is 5.56 Å². The van der Waals surface area contributed by atoms with E-state index >= 15 is 0 Å². The van der Waals surface area contributed by atoms with Crippen molar-refractivity contribution in [2.75, 3.05) is 0 Å². The molecule has 1 aromatic rings. The Morgan fingerprint density at radius 3 is 2.69 bits per heavy atom. The number of nitrogens with zero attached hydrogens (tertiary/aromatic N) is 1. The molecule has 0 saturated heterocycles. The zero-order valence-electron chi connectivity index (χ0n) is 6.34. The number of nitrogens with two attached hydrogens (primary N) is 1. The van der Waals surface area contributed by atoms with E-state index < -0.39 is 5.91 Å². The smallest absolute Gasteiger partial charge is 0.293 e. The van der Waals surface area contributed by atoms with E-state index in [0.717, 1.165) is 0 Å². The number of aromatic nitrogens is 1. The highest BCUT2D eigenvalue weighted by atomic mass is 35.5. The standard InChI is InChI=1S/C8H4Cl2N2O/c9-6-3-1-5(8(10)12-6)2-4-7(11)13/h1,3H,(H2,11,13). The molecular weight excluding hydrogens is 211 g/mol. The second-order valence-electron chi connectivity index (χ2n) is 2.09. The molecule has 1 amide bonds. The van der Waals surface area contributed by atoms with Crippen molar-refractivity contribution in [2.45, 2.75) is 0 Å². The second-order valence-corrected chi connectivity index (χ2v) is 2.83. The number of carbonyl (C=O) groups excluding carboxylic acids is 1. The lowest BCUT2D eigenvalue weighted by Gasteiger charge is -1.93. The summed E-state index contributed by atoms with van der Waals surface area (Å²) in [6.45, 7) is 0. The normalized spacial score (nSPS) is 8.77. The van der Waals surface area contributed by atoms with Crippen molar-refractivity contribution in [2.24, 2.45) is 5.73 Å². The lowest BCUT2D eigenvalue weighted by Crippen LogP contribution is -2.06. The van der Waals surface area contributed by atoms with Crippen molar-refractivity contribution in [1.29, 1.82) is 0 Å². The van der Waals surface area contributed by atoms with E-state index in [1.165, 1.54) is 6.07 Å². The summed E-state index contributed by atoms with van der Waals surface area (Å²) in [5, 5.41) is 0.427. The van der Waals surface area contributed by atoms with Gasteiger partial charge in [-0.25, -0.2) is 4.98 Å². The molecule has 1 aromatic heterocycles. The van der Waals surface area contributed by atoms with Crippen LogP contribution in [0.25, 0.3) is 0 Å². The van der Waals surface area contributed by atoms with E-state index in [2.05, 4.69) is 16.8 Å². The van der Waals surface area contributed by atoms with Crippen LogP contribution < -0.4 is 5.73 Å². The molecule has 3 nitrogen and oxygen atoms in total. The molecule has 0 aliphatic heterocycles. The number of amides is 1. The number of pyridine rings is 1. The Kier molecular flexibility index (Phi) is 3.13. The fraction of sp³-hybridized carbons (Fsp3) is 0. The van der Waals surface area contributed by atoms with Gasteiger partial charge in [0, 0.05) is 5.92 Å². The van der Waals surface area contributed by atoms with E-state index in [-0.39, 0.29) is 10.3 Å². The van der Waals surface area contributed by atoms with Crippen LogP contribution >= 0.6 is 23.2 Å². The fourth-order valence-electron chi connectivity index (χ4n) is 0.634. The maximum Gasteiger partial charge on any atom is 0.293 e. The highest BCUT2D eigenvalue weighted by molar-refractivity contribution is 6.33. The maximum absolute atomic E-state index is 10.3. The van der Waals surface area contributed by atoms with Crippen LogP contribution in [0.2, 0.25) is 10.3 Å². The number of primary amides is 1. The predicted octanol–water partition coefficient (Wildman–Crippen LogP) is 1.23. The van der Waals surface area contributed by atoms with Crippen LogP contribution in [-0.4, -0.2) is 10.9 Å². The van der Waals surface area contributed by atoms with Crippen LogP contribution in [0.5, 0.6) is 0 Å². The fourth-order valence-corrected chi connectivity index (χ4v) is 1.03. The molecule has 0 saturated carbocycles. The molecule has 66 valence electrons. The van der Waals surface area contributed by atoms with Gasteiger partial charge in [-0.05, 0) is 12.1 Å². The third kappa shape index (κ3) is 2.94. The molecule has 0 atom stereocenters. The molecular formula is C8H4Cl2N2O. The van der Waals surface area contributed by atoms with Crippen LogP contribution in [0.4, 0.5) is 0 Å². The second kappa shape index (κ2) is 4.13. The number of carbonyl (C=O) groups is 1. The Morgan fingerprint density at radius 2 is 2.15 bits per heavy atom. The first-order valence-electron chi connectivity index (χ1n) is 3.23. The van der Waals surface area contributed by atoms with Gasteiger partial charge < -0.3 is 5.73 Å². The van der Waals surface area contributed by atoms with E-state index in [1.807, 2.05) is 0 Å². The minimum absolute atomic E-state index is 0.154. The van der Waals surface area contributed by atoms with Crippen molar-refractivity contribution in [1.82, 2.24) is 4.98 Å². The van der Waals surface area contributed by atoms with Gasteiger partial charge in [0.2, 0.25) is 0 Å². The van der Waals surface area contributed by atoms with Crippen LogP contribution in [0.15, 0.2) is 12.1 Å². The molecule has 0 aromatic carbocycles. The van der Waals surface area contributed by atoms with Crippen molar-refractivity contribution < 1.29 is 4.79 Å². The molecule has 0 aliphatic rings. The first-order valence-corrected chi connectivity index (χ1v) is 3.98. The summed E-state index contributed by atoms with van der Waals surface area (Å²) < 4.78 is 0. The predicted molar refractivity (Wildman–Crippen MR) is 50.3 cm³/mol. The summed E-state index contributed by atoms with van der Waals surface area (Å²) in [6, 6.07) is 3.09. The highest BCUT2D eigenvalue weighted by Gasteiger charge is 1.98. The SMILES string of the molecule is NC(=O)C#Cc1ccc(Cl)nc1Cl. The van der Waals surface area contributed by atoms with Gasteiger partial charge in [0.15, 0.2) is 0 Å². The summed E-state index contributed by atoms with van der Waals surface area (Å²) >= 11 is 11.2. The zero-order chi connectivity index (χ0) is 9.84. The number of halogens is 2. The molecule has 0 radical (unpaired) electrons. The molecule has 0 bridgehead atoms.